The third-order valence-electron chi connectivity index (χ3n) is 7.36. The van der Waals surface area contributed by atoms with Crippen molar-refractivity contribution in [2.45, 2.75) is 0 Å². The Morgan fingerprint density at radius 3 is 1.84 bits per heavy atom. The Bertz CT molecular complexity index is 2050. The number of para-hydroxylation sites is 3. The predicted molar refractivity (Wildman–Crippen MR) is 155 cm³/mol. The van der Waals surface area contributed by atoms with Gasteiger partial charge in [-0.25, -0.2) is 0 Å². The van der Waals surface area contributed by atoms with E-state index >= 15 is 0 Å². The van der Waals surface area contributed by atoms with Crippen molar-refractivity contribution in [3.05, 3.63) is 127 Å². The van der Waals surface area contributed by atoms with Crippen molar-refractivity contribution < 1.29 is 4.42 Å². The molecule has 37 heavy (non-hydrogen) atoms. The second-order valence-electron chi connectivity index (χ2n) is 9.46. The van der Waals surface area contributed by atoms with Gasteiger partial charge in [-0.05, 0) is 48.5 Å². The minimum absolute atomic E-state index is 0.891. The highest BCUT2D eigenvalue weighted by Gasteiger charge is 2.20. The molecule has 0 aliphatic carbocycles. The van der Waals surface area contributed by atoms with Gasteiger partial charge in [0.05, 0.1) is 5.52 Å². The topological polar surface area (TPSA) is 32.2 Å². The van der Waals surface area contributed by atoms with Crippen molar-refractivity contribution in [3.8, 4) is 0 Å². The van der Waals surface area contributed by atoms with E-state index in [1.807, 2.05) is 0 Å². The number of nitrogens with zero attached hydrogens (tertiary/aromatic N) is 1. The van der Waals surface area contributed by atoms with Crippen LogP contribution in [0.4, 0.5) is 17.1 Å². The van der Waals surface area contributed by atoms with Crippen LogP contribution in [0.15, 0.2) is 132 Å². The Labute approximate surface area is 213 Å². The van der Waals surface area contributed by atoms with E-state index in [-0.39, 0.29) is 0 Å². The molecule has 3 nitrogen and oxygen atoms in total. The van der Waals surface area contributed by atoms with Crippen LogP contribution in [0.25, 0.3) is 54.5 Å². The summed E-state index contributed by atoms with van der Waals surface area (Å²) in [7, 11) is 0. The van der Waals surface area contributed by atoms with Crippen LogP contribution in [-0.2, 0) is 0 Å². The lowest BCUT2D eigenvalue weighted by Crippen LogP contribution is -2.09. The number of nitrogens with one attached hydrogen (secondary N) is 1. The maximum Gasteiger partial charge on any atom is 0.144 e. The predicted octanol–water partition coefficient (Wildman–Crippen LogP) is 9.84. The van der Waals surface area contributed by atoms with Crippen LogP contribution < -0.4 is 4.90 Å². The summed E-state index contributed by atoms with van der Waals surface area (Å²) in [6, 6.07) is 44.6. The Kier molecular flexibility index (Phi) is 4.23. The molecule has 0 saturated heterocycles. The Morgan fingerprint density at radius 2 is 1.11 bits per heavy atom. The first-order chi connectivity index (χ1) is 18.4. The van der Waals surface area contributed by atoms with Gasteiger partial charge in [0.2, 0.25) is 0 Å². The first-order valence-corrected chi connectivity index (χ1v) is 12.5. The summed E-state index contributed by atoms with van der Waals surface area (Å²) in [5.41, 5.74) is 7.44. The van der Waals surface area contributed by atoms with E-state index in [0.717, 1.165) is 55.4 Å². The molecule has 8 rings (SSSR count). The van der Waals surface area contributed by atoms with Crippen molar-refractivity contribution in [1.29, 1.82) is 0 Å². The molecule has 174 valence electrons. The Morgan fingerprint density at radius 1 is 0.486 bits per heavy atom. The number of anilines is 3. The first-order valence-electron chi connectivity index (χ1n) is 12.5. The lowest BCUT2D eigenvalue weighted by Gasteiger charge is -2.25. The van der Waals surface area contributed by atoms with Crippen LogP contribution in [0, 0.1) is 0 Å². The quantitative estimate of drug-likeness (QED) is 0.276. The van der Waals surface area contributed by atoms with Crippen LogP contribution in [-0.4, -0.2) is 4.98 Å². The highest BCUT2D eigenvalue weighted by Crippen LogP contribution is 2.45. The molecule has 2 heterocycles. The van der Waals surface area contributed by atoms with Crippen LogP contribution >= 0.6 is 0 Å². The zero-order chi connectivity index (χ0) is 24.3. The van der Waals surface area contributed by atoms with Crippen molar-refractivity contribution in [1.82, 2.24) is 4.98 Å². The molecule has 8 aromatic rings. The highest BCUT2D eigenvalue weighted by molar-refractivity contribution is 6.35. The Balaban J connectivity index is 1.51. The van der Waals surface area contributed by atoms with Gasteiger partial charge in [0.15, 0.2) is 0 Å². The number of fused-ring (bicyclic) bond motifs is 10. The molecule has 0 aliphatic heterocycles. The number of hydrogen-bond acceptors (Lipinski definition) is 2. The molecule has 0 atom stereocenters. The molecule has 0 bridgehead atoms. The second-order valence-corrected chi connectivity index (χ2v) is 9.46. The number of H-pyrrole nitrogens is 1. The largest absolute Gasteiger partial charge is 0.455 e. The minimum Gasteiger partial charge on any atom is -0.455 e. The summed E-state index contributed by atoms with van der Waals surface area (Å²) in [5.74, 6) is 0. The zero-order valence-electron chi connectivity index (χ0n) is 20.0. The summed E-state index contributed by atoms with van der Waals surface area (Å²) >= 11 is 0. The van der Waals surface area contributed by atoms with Crippen LogP contribution in [0.5, 0.6) is 0 Å². The van der Waals surface area contributed by atoms with E-state index in [1.54, 1.807) is 0 Å². The molecular formula is C34H22N2O. The van der Waals surface area contributed by atoms with Gasteiger partial charge < -0.3 is 14.3 Å². The summed E-state index contributed by atoms with van der Waals surface area (Å²) in [6.45, 7) is 0. The van der Waals surface area contributed by atoms with E-state index in [0.29, 0.717) is 0 Å². The van der Waals surface area contributed by atoms with Crippen LogP contribution in [0.1, 0.15) is 0 Å². The fourth-order valence-corrected chi connectivity index (χ4v) is 5.77. The van der Waals surface area contributed by atoms with Gasteiger partial charge >= 0.3 is 0 Å². The number of furan rings is 1. The molecule has 1 N–H and O–H groups in total. The maximum atomic E-state index is 6.61. The zero-order valence-corrected chi connectivity index (χ0v) is 20.0. The van der Waals surface area contributed by atoms with Crippen molar-refractivity contribution in [2.75, 3.05) is 4.90 Å². The minimum atomic E-state index is 0.891. The van der Waals surface area contributed by atoms with E-state index in [1.165, 1.54) is 16.2 Å². The second kappa shape index (κ2) is 7.74. The molecule has 6 aromatic carbocycles. The Hall–Kier alpha value is -5.02. The van der Waals surface area contributed by atoms with Gasteiger partial charge in [0.25, 0.3) is 0 Å². The molecule has 0 spiro atoms. The third kappa shape index (κ3) is 2.95. The van der Waals surface area contributed by atoms with Crippen molar-refractivity contribution in [2.24, 2.45) is 0 Å². The molecule has 0 radical (unpaired) electrons. The van der Waals surface area contributed by atoms with Crippen LogP contribution in [0.3, 0.4) is 0 Å². The van der Waals surface area contributed by atoms with Gasteiger partial charge in [-0.1, -0.05) is 78.9 Å². The van der Waals surface area contributed by atoms with Gasteiger partial charge in [-0.15, -0.1) is 0 Å². The summed E-state index contributed by atoms with van der Waals surface area (Å²) in [4.78, 5) is 6.00. The van der Waals surface area contributed by atoms with E-state index in [4.69, 9.17) is 4.42 Å². The molecule has 0 amide bonds. The number of aromatic nitrogens is 1. The number of benzene rings is 6. The summed E-state index contributed by atoms with van der Waals surface area (Å²) < 4.78 is 6.61. The average Bonchev–Trinajstić information content (AvgIpc) is 3.53. The SMILES string of the molecule is c1ccc(N(c2ccccc2)c2ccc3oc4c5ccccc5c5[nH]c6ccccc6c5c4c3c2)cc1. The standard InChI is InChI=1S/C34H22N2O/c1-3-11-22(12-4-1)36(23-13-5-2-6-14-23)24-19-20-30-28(21-24)32-31-27-17-9-10-18-29(27)35-33(31)25-15-7-8-16-26(25)34(32)37-30/h1-21,35H. The number of hydrogen-bond donors (Lipinski definition) is 1. The van der Waals surface area contributed by atoms with E-state index in [2.05, 4.69) is 137 Å². The molecule has 0 unspecified atom stereocenters. The normalized spacial score (nSPS) is 11.8. The summed E-state index contributed by atoms with van der Waals surface area (Å²) in [5, 5.41) is 7.00. The first kappa shape index (κ1) is 20.2. The van der Waals surface area contributed by atoms with Crippen molar-refractivity contribution in [3.63, 3.8) is 0 Å². The lowest BCUT2D eigenvalue weighted by molar-refractivity contribution is 0.673. The van der Waals surface area contributed by atoms with Crippen LogP contribution in [0.2, 0.25) is 0 Å². The maximum absolute atomic E-state index is 6.61. The molecule has 2 aromatic heterocycles. The molecule has 0 fully saturated rings. The smallest absolute Gasteiger partial charge is 0.144 e. The number of aromatic amines is 1. The number of rotatable bonds is 3. The lowest BCUT2D eigenvalue weighted by atomic mass is 9.99. The van der Waals surface area contributed by atoms with Gasteiger partial charge in [0, 0.05) is 54.9 Å². The fraction of sp³-hybridized carbons (Fsp3) is 0. The van der Waals surface area contributed by atoms with E-state index in [9.17, 15) is 0 Å². The van der Waals surface area contributed by atoms with Gasteiger partial charge in [-0.3, -0.25) is 0 Å². The fourth-order valence-electron chi connectivity index (χ4n) is 5.77. The van der Waals surface area contributed by atoms with Crippen molar-refractivity contribution >= 4 is 71.6 Å². The highest BCUT2D eigenvalue weighted by atomic mass is 16.3. The summed E-state index contributed by atoms with van der Waals surface area (Å²) in [6.07, 6.45) is 0. The van der Waals surface area contributed by atoms with E-state index < -0.39 is 0 Å². The van der Waals surface area contributed by atoms with Gasteiger partial charge in [0.1, 0.15) is 11.2 Å². The molecule has 0 saturated carbocycles. The average molecular weight is 475 g/mol. The molecular weight excluding hydrogens is 452 g/mol. The molecule has 0 aliphatic rings. The van der Waals surface area contributed by atoms with Gasteiger partial charge in [-0.2, -0.15) is 0 Å². The third-order valence-corrected chi connectivity index (χ3v) is 7.36. The molecule has 3 heteroatoms. The monoisotopic (exact) mass is 474 g/mol.